The topological polar surface area (TPSA) is 120 Å². The lowest BCUT2D eigenvalue weighted by Crippen LogP contribution is -2.29. The van der Waals surface area contributed by atoms with Gasteiger partial charge in [-0.1, -0.05) is 0 Å². The van der Waals surface area contributed by atoms with E-state index in [1.54, 1.807) is 0 Å². The van der Waals surface area contributed by atoms with Gasteiger partial charge in [0.05, 0.1) is 21.3 Å². The Kier molecular flexibility index (Phi) is 5.08. The smallest absolute Gasteiger partial charge is 0.244 e. The maximum Gasteiger partial charge on any atom is 0.244 e. The molecule has 1 aromatic carbocycles. The second-order valence-electron chi connectivity index (χ2n) is 6.26. The Balaban J connectivity index is 2.21. The fourth-order valence-corrected chi connectivity index (χ4v) is 5.58. The first kappa shape index (κ1) is 19.2. The van der Waals surface area contributed by atoms with Crippen molar-refractivity contribution < 1.29 is 31.0 Å². The van der Waals surface area contributed by atoms with Crippen LogP contribution in [0.25, 0.3) is 0 Å². The summed E-state index contributed by atoms with van der Waals surface area (Å²) in [6.07, 6.45) is 2.96. The monoisotopic (exact) mass is 406 g/mol. The van der Waals surface area contributed by atoms with Crippen molar-refractivity contribution in [1.29, 1.82) is 0 Å². The number of benzene rings is 1. The van der Waals surface area contributed by atoms with Gasteiger partial charge < -0.3 is 14.2 Å². The van der Waals surface area contributed by atoms with Crippen LogP contribution in [0.3, 0.4) is 0 Å². The number of sulfonamides is 2. The molecule has 2 saturated carbocycles. The Morgan fingerprint density at radius 1 is 0.731 bits per heavy atom. The zero-order valence-electron chi connectivity index (χ0n) is 14.7. The highest BCUT2D eigenvalue weighted by Gasteiger charge is 2.37. The summed E-state index contributed by atoms with van der Waals surface area (Å²) in [5.41, 5.74) is 0. The van der Waals surface area contributed by atoms with Crippen LogP contribution < -0.4 is 23.7 Å². The van der Waals surface area contributed by atoms with Crippen LogP contribution in [-0.2, 0) is 20.0 Å². The normalized spacial score (nSPS) is 17.8. The molecule has 2 N–H and O–H groups in total. The molecule has 26 heavy (non-hydrogen) atoms. The highest BCUT2D eigenvalue weighted by atomic mass is 32.2. The third-order valence-electron chi connectivity index (χ3n) is 4.11. The van der Waals surface area contributed by atoms with Crippen LogP contribution in [-0.4, -0.2) is 50.2 Å². The Morgan fingerprint density at radius 3 is 1.35 bits per heavy atom. The predicted molar refractivity (Wildman–Crippen MR) is 92.8 cm³/mol. The molecule has 11 heteroatoms. The second-order valence-corrected chi connectivity index (χ2v) is 9.63. The highest BCUT2D eigenvalue weighted by Crippen LogP contribution is 2.46. The first-order valence-corrected chi connectivity index (χ1v) is 11.1. The molecule has 0 aromatic heterocycles. The number of methoxy groups -OCH3 is 3. The molecular formula is C15H22N2O7S2. The van der Waals surface area contributed by atoms with E-state index in [1.807, 2.05) is 0 Å². The van der Waals surface area contributed by atoms with Gasteiger partial charge in [-0.05, 0) is 31.7 Å². The molecule has 0 unspecified atom stereocenters. The lowest BCUT2D eigenvalue weighted by molar-refractivity contribution is 0.312. The van der Waals surface area contributed by atoms with Crippen molar-refractivity contribution in [2.45, 2.75) is 47.6 Å². The summed E-state index contributed by atoms with van der Waals surface area (Å²) in [5, 5.41) is 0. The van der Waals surface area contributed by atoms with Gasteiger partial charge in [-0.25, -0.2) is 26.3 Å². The lowest BCUT2D eigenvalue weighted by atomic mass is 10.3. The second kappa shape index (κ2) is 6.87. The van der Waals surface area contributed by atoms with Crippen LogP contribution in [0, 0.1) is 0 Å². The van der Waals surface area contributed by atoms with Crippen LogP contribution in [0.5, 0.6) is 17.2 Å². The van der Waals surface area contributed by atoms with Gasteiger partial charge in [-0.3, -0.25) is 0 Å². The summed E-state index contributed by atoms with van der Waals surface area (Å²) < 4.78 is 71.7. The molecule has 146 valence electrons. The zero-order valence-corrected chi connectivity index (χ0v) is 16.4. The van der Waals surface area contributed by atoms with Crippen molar-refractivity contribution in [2.24, 2.45) is 0 Å². The van der Waals surface area contributed by atoms with Crippen LogP contribution >= 0.6 is 0 Å². The Labute approximate surface area is 153 Å². The van der Waals surface area contributed by atoms with Gasteiger partial charge >= 0.3 is 0 Å². The molecule has 1 aromatic rings. The van der Waals surface area contributed by atoms with Crippen LogP contribution in [0.15, 0.2) is 15.9 Å². The summed E-state index contributed by atoms with van der Waals surface area (Å²) in [6, 6.07) is 0.750. The molecule has 0 saturated heterocycles. The van der Waals surface area contributed by atoms with E-state index in [-0.39, 0.29) is 39.1 Å². The molecule has 0 aliphatic heterocycles. The van der Waals surface area contributed by atoms with Crippen LogP contribution in [0.4, 0.5) is 0 Å². The largest absolute Gasteiger partial charge is 0.491 e. The average Bonchev–Trinajstić information content (AvgIpc) is 3.49. The number of hydrogen-bond acceptors (Lipinski definition) is 7. The molecule has 0 heterocycles. The molecule has 0 bridgehead atoms. The standard InChI is InChI=1S/C15H22N2O7S2/c1-22-13-11(25(18,19)16-9-4-5-9)8-12(14(23-2)15(13)24-3)26(20,21)17-10-6-7-10/h8-10,16-17H,4-7H2,1-3H3. The minimum atomic E-state index is -4.00. The van der Waals surface area contributed by atoms with Gasteiger partial charge in [0.25, 0.3) is 0 Å². The molecule has 0 amide bonds. The molecule has 3 rings (SSSR count). The predicted octanol–water partition coefficient (Wildman–Crippen LogP) is 0.594. The van der Waals surface area contributed by atoms with Gasteiger partial charge in [0, 0.05) is 12.1 Å². The van der Waals surface area contributed by atoms with E-state index >= 15 is 0 Å². The third-order valence-corrected chi connectivity index (χ3v) is 7.16. The fraction of sp³-hybridized carbons (Fsp3) is 0.600. The summed E-state index contributed by atoms with van der Waals surface area (Å²) >= 11 is 0. The van der Waals surface area contributed by atoms with Crippen molar-refractivity contribution in [3.05, 3.63) is 6.07 Å². The van der Waals surface area contributed by atoms with Gasteiger partial charge in [0.1, 0.15) is 9.79 Å². The van der Waals surface area contributed by atoms with Crippen molar-refractivity contribution in [3.63, 3.8) is 0 Å². The van der Waals surface area contributed by atoms with E-state index < -0.39 is 20.0 Å². The number of hydrogen-bond donors (Lipinski definition) is 2. The molecule has 0 spiro atoms. The van der Waals surface area contributed by atoms with E-state index in [2.05, 4.69) is 9.44 Å². The zero-order chi connectivity index (χ0) is 19.1. The van der Waals surface area contributed by atoms with Crippen molar-refractivity contribution in [1.82, 2.24) is 9.44 Å². The number of rotatable bonds is 9. The highest BCUT2D eigenvalue weighted by molar-refractivity contribution is 7.90. The Morgan fingerprint density at radius 2 is 1.08 bits per heavy atom. The fourth-order valence-electron chi connectivity index (χ4n) is 2.52. The van der Waals surface area contributed by atoms with E-state index in [9.17, 15) is 16.8 Å². The number of ether oxygens (including phenoxy) is 3. The minimum absolute atomic E-state index is 0.0927. The van der Waals surface area contributed by atoms with Crippen molar-refractivity contribution in [3.8, 4) is 17.2 Å². The summed E-state index contributed by atoms with van der Waals surface area (Å²) in [5.74, 6) is -0.310. The molecule has 2 aliphatic carbocycles. The third kappa shape index (κ3) is 3.75. The average molecular weight is 406 g/mol. The molecule has 9 nitrogen and oxygen atoms in total. The maximum absolute atomic E-state index is 12.7. The van der Waals surface area contributed by atoms with E-state index in [4.69, 9.17) is 14.2 Å². The quantitative estimate of drug-likeness (QED) is 0.616. The first-order chi connectivity index (χ1) is 12.2. The molecule has 2 fully saturated rings. The van der Waals surface area contributed by atoms with Crippen LogP contribution in [0.1, 0.15) is 25.7 Å². The molecule has 0 atom stereocenters. The minimum Gasteiger partial charge on any atom is -0.491 e. The van der Waals surface area contributed by atoms with E-state index in [1.165, 1.54) is 21.3 Å². The first-order valence-electron chi connectivity index (χ1n) is 8.11. The van der Waals surface area contributed by atoms with Gasteiger partial charge in [-0.15, -0.1) is 0 Å². The Hall–Kier alpha value is -1.56. The molecule has 0 radical (unpaired) electrons. The maximum atomic E-state index is 12.7. The van der Waals surface area contributed by atoms with Crippen molar-refractivity contribution in [2.75, 3.05) is 21.3 Å². The summed E-state index contributed by atoms with van der Waals surface area (Å²) in [4.78, 5) is -0.610. The van der Waals surface area contributed by atoms with Gasteiger partial charge in [0.15, 0.2) is 11.5 Å². The number of nitrogens with one attached hydrogen (secondary N) is 2. The molecular weight excluding hydrogens is 384 g/mol. The summed E-state index contributed by atoms with van der Waals surface area (Å²) in [7, 11) is -4.14. The lowest BCUT2D eigenvalue weighted by Gasteiger charge is -2.19. The summed E-state index contributed by atoms with van der Waals surface area (Å²) in [6.45, 7) is 0. The van der Waals surface area contributed by atoms with Crippen LogP contribution in [0.2, 0.25) is 0 Å². The van der Waals surface area contributed by atoms with E-state index in [0.717, 1.165) is 31.7 Å². The SMILES string of the molecule is COc1c(S(=O)(=O)NC2CC2)cc(S(=O)(=O)NC2CC2)c(OC)c1OC. The van der Waals surface area contributed by atoms with Gasteiger partial charge in [0.2, 0.25) is 25.8 Å². The van der Waals surface area contributed by atoms with Gasteiger partial charge in [-0.2, -0.15) is 0 Å². The Bertz CT molecular complexity index is 834. The van der Waals surface area contributed by atoms with E-state index in [0.29, 0.717) is 0 Å². The molecule has 2 aliphatic rings. The van der Waals surface area contributed by atoms with Crippen molar-refractivity contribution >= 4 is 20.0 Å².